The zero-order valence-electron chi connectivity index (χ0n) is 11.8. The van der Waals surface area contributed by atoms with Crippen LogP contribution in [0.1, 0.15) is 39.9 Å². The number of aryl methyl sites for hydroxylation is 2. The highest BCUT2D eigenvalue weighted by atomic mass is 32.1. The van der Waals surface area contributed by atoms with Crippen molar-refractivity contribution in [1.29, 1.82) is 0 Å². The van der Waals surface area contributed by atoms with Crippen molar-refractivity contribution in [2.75, 3.05) is 19.8 Å². The molecule has 2 atom stereocenters. The Morgan fingerprint density at radius 3 is 3.05 bits per heavy atom. The first-order valence-corrected chi connectivity index (χ1v) is 8.15. The van der Waals surface area contributed by atoms with E-state index in [1.54, 1.807) is 11.3 Å². The van der Waals surface area contributed by atoms with Gasteiger partial charge in [0, 0.05) is 11.4 Å². The minimum absolute atomic E-state index is 0.0303. The smallest absolute Gasteiger partial charge is 0.264 e. The maximum Gasteiger partial charge on any atom is 0.264 e. The number of thiophene rings is 1. The summed E-state index contributed by atoms with van der Waals surface area (Å²) in [6.07, 6.45) is 4.45. The van der Waals surface area contributed by atoms with Gasteiger partial charge in [0.25, 0.3) is 5.91 Å². The lowest BCUT2D eigenvalue weighted by atomic mass is 9.99. The summed E-state index contributed by atoms with van der Waals surface area (Å²) in [5.74, 6) is 0.0960. The van der Waals surface area contributed by atoms with Crippen LogP contribution in [-0.4, -0.2) is 47.8 Å². The van der Waals surface area contributed by atoms with Crippen LogP contribution in [-0.2, 0) is 17.6 Å². The molecular formula is C15H21NO3S. The van der Waals surface area contributed by atoms with Crippen molar-refractivity contribution in [3.8, 4) is 0 Å². The van der Waals surface area contributed by atoms with Crippen LogP contribution < -0.4 is 0 Å². The minimum Gasteiger partial charge on any atom is -0.394 e. The molecule has 0 saturated carbocycles. The average Bonchev–Trinajstić information content (AvgIpc) is 2.91. The van der Waals surface area contributed by atoms with Gasteiger partial charge in [-0.1, -0.05) is 0 Å². The summed E-state index contributed by atoms with van der Waals surface area (Å²) in [6.45, 7) is 2.96. The zero-order valence-corrected chi connectivity index (χ0v) is 12.6. The molecule has 1 amide bonds. The van der Waals surface area contributed by atoms with Gasteiger partial charge in [0.05, 0.1) is 30.2 Å². The molecule has 0 radical (unpaired) electrons. The van der Waals surface area contributed by atoms with Gasteiger partial charge in [-0.05, 0) is 44.2 Å². The van der Waals surface area contributed by atoms with Crippen molar-refractivity contribution in [2.24, 2.45) is 0 Å². The molecule has 4 nitrogen and oxygen atoms in total. The number of carbonyl (C=O) groups excluding carboxylic acids is 1. The van der Waals surface area contributed by atoms with E-state index < -0.39 is 0 Å². The Bertz CT molecular complexity index is 476. The molecule has 2 aliphatic rings. The third-order valence-corrected chi connectivity index (χ3v) is 5.40. The van der Waals surface area contributed by atoms with Gasteiger partial charge < -0.3 is 14.7 Å². The number of ether oxygens (including phenoxy) is 1. The normalized spacial score (nSPS) is 26.4. The van der Waals surface area contributed by atoms with E-state index in [1.807, 2.05) is 11.8 Å². The van der Waals surface area contributed by atoms with Crippen LogP contribution in [0.2, 0.25) is 0 Å². The summed E-state index contributed by atoms with van der Waals surface area (Å²) in [5.41, 5.74) is 1.37. The topological polar surface area (TPSA) is 49.8 Å². The Balaban J connectivity index is 1.78. The molecule has 110 valence electrons. The fraction of sp³-hybridized carbons (Fsp3) is 0.667. The number of morpholine rings is 1. The van der Waals surface area contributed by atoms with Crippen LogP contribution >= 0.6 is 11.3 Å². The highest BCUT2D eigenvalue weighted by molar-refractivity contribution is 7.14. The Kier molecular flexibility index (Phi) is 4.10. The molecule has 20 heavy (non-hydrogen) atoms. The van der Waals surface area contributed by atoms with E-state index in [9.17, 15) is 9.90 Å². The average molecular weight is 295 g/mol. The number of amides is 1. The van der Waals surface area contributed by atoms with Gasteiger partial charge in [0.15, 0.2) is 0 Å². The first kappa shape index (κ1) is 14.0. The van der Waals surface area contributed by atoms with E-state index in [4.69, 9.17) is 4.74 Å². The van der Waals surface area contributed by atoms with Gasteiger partial charge in [-0.25, -0.2) is 0 Å². The maximum atomic E-state index is 12.7. The first-order chi connectivity index (χ1) is 9.69. The Hall–Kier alpha value is -0.910. The van der Waals surface area contributed by atoms with E-state index >= 15 is 0 Å². The molecule has 1 N–H and O–H groups in total. The molecule has 1 aromatic heterocycles. The van der Waals surface area contributed by atoms with Crippen molar-refractivity contribution < 1.29 is 14.6 Å². The lowest BCUT2D eigenvalue weighted by Gasteiger charge is -2.37. The number of hydrogen-bond donors (Lipinski definition) is 1. The first-order valence-electron chi connectivity index (χ1n) is 7.34. The summed E-state index contributed by atoms with van der Waals surface area (Å²) >= 11 is 1.65. The molecule has 1 saturated heterocycles. The quantitative estimate of drug-likeness (QED) is 0.906. The predicted octanol–water partition coefficient (Wildman–Crippen LogP) is 1.85. The summed E-state index contributed by atoms with van der Waals surface area (Å²) in [7, 11) is 0. The van der Waals surface area contributed by atoms with Crippen LogP contribution in [0.3, 0.4) is 0 Å². The second kappa shape index (κ2) is 5.84. The van der Waals surface area contributed by atoms with E-state index in [0.29, 0.717) is 13.2 Å². The van der Waals surface area contributed by atoms with E-state index in [2.05, 4.69) is 6.07 Å². The van der Waals surface area contributed by atoms with Gasteiger partial charge in [0.2, 0.25) is 0 Å². The SMILES string of the molecule is CC1COC(CO)CN1C(=O)c1cc2c(s1)CCCC2. The summed E-state index contributed by atoms with van der Waals surface area (Å²) in [6, 6.07) is 2.15. The molecule has 0 aromatic carbocycles. The fourth-order valence-corrected chi connectivity index (χ4v) is 4.16. The number of fused-ring (bicyclic) bond motifs is 1. The van der Waals surface area contributed by atoms with Gasteiger partial charge in [-0.2, -0.15) is 0 Å². The molecule has 1 aliphatic carbocycles. The summed E-state index contributed by atoms with van der Waals surface area (Å²) < 4.78 is 5.50. The number of nitrogens with zero attached hydrogens (tertiary/aromatic N) is 1. The van der Waals surface area contributed by atoms with E-state index in [0.717, 1.165) is 17.7 Å². The van der Waals surface area contributed by atoms with Crippen LogP contribution in [0.15, 0.2) is 6.07 Å². The molecule has 2 unspecified atom stereocenters. The molecule has 1 fully saturated rings. The lowest BCUT2D eigenvalue weighted by Crippen LogP contribution is -2.51. The van der Waals surface area contributed by atoms with Crippen LogP contribution in [0.25, 0.3) is 0 Å². The summed E-state index contributed by atoms with van der Waals surface area (Å²) in [4.78, 5) is 16.8. The van der Waals surface area contributed by atoms with Crippen molar-refractivity contribution in [2.45, 2.75) is 44.8 Å². The number of rotatable bonds is 2. The third-order valence-electron chi connectivity index (χ3n) is 4.18. The van der Waals surface area contributed by atoms with Crippen LogP contribution in [0.5, 0.6) is 0 Å². The predicted molar refractivity (Wildman–Crippen MR) is 78.3 cm³/mol. The number of hydrogen-bond acceptors (Lipinski definition) is 4. The monoisotopic (exact) mass is 295 g/mol. The molecule has 0 bridgehead atoms. The highest BCUT2D eigenvalue weighted by Gasteiger charge is 2.31. The molecule has 3 rings (SSSR count). The minimum atomic E-state index is -0.246. The molecule has 0 spiro atoms. The Morgan fingerprint density at radius 1 is 1.50 bits per heavy atom. The standard InChI is InChI=1S/C15H21NO3S/c1-10-9-19-12(8-17)7-16(10)15(18)14-6-11-4-2-3-5-13(11)20-14/h6,10,12,17H,2-5,7-9H2,1H3. The second-order valence-electron chi connectivity index (χ2n) is 5.71. The second-order valence-corrected chi connectivity index (χ2v) is 6.85. The van der Waals surface area contributed by atoms with E-state index in [-0.39, 0.29) is 24.7 Å². The molecular weight excluding hydrogens is 274 g/mol. The largest absolute Gasteiger partial charge is 0.394 e. The zero-order chi connectivity index (χ0) is 14.1. The van der Waals surface area contributed by atoms with Gasteiger partial charge in [0.1, 0.15) is 0 Å². The number of aliphatic hydroxyl groups excluding tert-OH is 1. The number of carbonyl (C=O) groups is 1. The maximum absolute atomic E-state index is 12.7. The van der Waals surface area contributed by atoms with Gasteiger partial charge >= 0.3 is 0 Å². The van der Waals surface area contributed by atoms with E-state index in [1.165, 1.54) is 23.3 Å². The van der Waals surface area contributed by atoms with Crippen molar-refractivity contribution in [1.82, 2.24) is 4.90 Å². The molecule has 1 aliphatic heterocycles. The molecule has 2 heterocycles. The van der Waals surface area contributed by atoms with Crippen molar-refractivity contribution in [3.63, 3.8) is 0 Å². The summed E-state index contributed by atoms with van der Waals surface area (Å²) in [5, 5.41) is 9.22. The fourth-order valence-electron chi connectivity index (χ4n) is 2.95. The van der Waals surface area contributed by atoms with Crippen molar-refractivity contribution >= 4 is 17.2 Å². The molecule has 5 heteroatoms. The lowest BCUT2D eigenvalue weighted by molar-refractivity contribution is -0.0666. The van der Waals surface area contributed by atoms with Crippen LogP contribution in [0, 0.1) is 0 Å². The van der Waals surface area contributed by atoms with Gasteiger partial charge in [-0.3, -0.25) is 4.79 Å². The Labute approximate surface area is 123 Å². The molecule has 1 aromatic rings. The van der Waals surface area contributed by atoms with Gasteiger partial charge in [-0.15, -0.1) is 11.3 Å². The van der Waals surface area contributed by atoms with Crippen molar-refractivity contribution in [3.05, 3.63) is 21.4 Å². The highest BCUT2D eigenvalue weighted by Crippen LogP contribution is 2.31. The Morgan fingerprint density at radius 2 is 2.30 bits per heavy atom. The van der Waals surface area contributed by atoms with Crippen LogP contribution in [0.4, 0.5) is 0 Å². The third kappa shape index (κ3) is 2.62. The number of aliphatic hydroxyl groups is 1.